The number of ether oxygens (including phenoxy) is 1. The van der Waals surface area contributed by atoms with Gasteiger partial charge in [-0.15, -0.1) is 0 Å². The quantitative estimate of drug-likeness (QED) is 0.603. The maximum absolute atomic E-state index is 11.2. The fourth-order valence-corrected chi connectivity index (χ4v) is 6.22. The van der Waals surface area contributed by atoms with E-state index in [9.17, 15) is 5.11 Å². The molecular weight excluding hydrogens is 390 g/mol. The number of hydrogen-bond donors (Lipinski definition) is 2. The van der Waals surface area contributed by atoms with Crippen LogP contribution in [0, 0.1) is 0 Å². The number of aliphatic hydroxyl groups excluding tert-OH is 1. The normalized spacial score (nSPS) is 35.1. The number of aliphatic hydroxyl groups is 1. The molecule has 1 aromatic carbocycles. The summed E-state index contributed by atoms with van der Waals surface area (Å²) in [6.07, 6.45) is 4.10. The smallest absolute Gasteiger partial charge is 0.191 e. The zero-order valence-corrected chi connectivity index (χ0v) is 21.1. The molecule has 170 valence electrons. The molecule has 0 saturated carbocycles. The molecule has 5 heteroatoms. The van der Waals surface area contributed by atoms with Gasteiger partial charge in [-0.3, -0.25) is 0 Å². The largest absolute Gasteiger partial charge is 0.417 e. The Morgan fingerprint density at radius 2 is 1.87 bits per heavy atom. The van der Waals surface area contributed by atoms with E-state index in [0.29, 0.717) is 5.92 Å². The summed E-state index contributed by atoms with van der Waals surface area (Å²) in [6.45, 7) is 14.3. The van der Waals surface area contributed by atoms with Crippen molar-refractivity contribution >= 4 is 8.32 Å². The number of nitrogens with one attached hydrogen (secondary N) is 1. The van der Waals surface area contributed by atoms with Crippen LogP contribution >= 0.6 is 0 Å². The van der Waals surface area contributed by atoms with Crippen LogP contribution in [0.2, 0.25) is 18.1 Å². The van der Waals surface area contributed by atoms with Crippen molar-refractivity contribution in [3.05, 3.63) is 35.9 Å². The molecule has 5 atom stereocenters. The van der Waals surface area contributed by atoms with Gasteiger partial charge < -0.3 is 19.6 Å². The van der Waals surface area contributed by atoms with Crippen molar-refractivity contribution in [1.82, 2.24) is 5.32 Å². The van der Waals surface area contributed by atoms with Crippen LogP contribution in [-0.4, -0.2) is 50.4 Å². The van der Waals surface area contributed by atoms with E-state index in [0.717, 1.165) is 38.7 Å². The first-order chi connectivity index (χ1) is 13.9. The van der Waals surface area contributed by atoms with E-state index in [1.165, 1.54) is 5.56 Å². The molecule has 0 unspecified atom stereocenters. The van der Waals surface area contributed by atoms with E-state index in [1.54, 1.807) is 0 Å². The van der Waals surface area contributed by atoms with Crippen LogP contribution in [0.25, 0.3) is 0 Å². The number of benzene rings is 1. The van der Waals surface area contributed by atoms with Crippen LogP contribution in [-0.2, 0) is 9.16 Å². The van der Waals surface area contributed by atoms with Gasteiger partial charge in [0.1, 0.15) is 0 Å². The fraction of sp³-hybridized carbons (Fsp3) is 0.760. The average Bonchev–Trinajstić information content (AvgIpc) is 2.74. The summed E-state index contributed by atoms with van der Waals surface area (Å²) < 4.78 is 13.4. The molecule has 2 bridgehead atoms. The number of hydrogen-bond acceptors (Lipinski definition) is 4. The van der Waals surface area contributed by atoms with Gasteiger partial charge in [-0.1, -0.05) is 51.1 Å². The van der Waals surface area contributed by atoms with Crippen LogP contribution in [0.1, 0.15) is 71.3 Å². The molecule has 1 aromatic rings. The molecule has 2 saturated heterocycles. The van der Waals surface area contributed by atoms with E-state index in [-0.39, 0.29) is 16.7 Å². The van der Waals surface area contributed by atoms with E-state index < -0.39 is 20.0 Å². The molecular formula is C25H43NO3Si. The SMILES string of the molecule is CN[C@H]1CC[C@@]2(CCO[Si](C)(C)C(C)(C)C)C[C@H](c3ccccc3)C[C@](C)(O2)[C@@H]1O. The molecule has 2 fully saturated rings. The predicted octanol–water partition coefficient (Wildman–Crippen LogP) is 5.23. The zero-order chi connectivity index (χ0) is 22.2. The molecule has 0 spiro atoms. The fourth-order valence-electron chi connectivity index (χ4n) is 5.17. The summed E-state index contributed by atoms with van der Waals surface area (Å²) in [7, 11) is 0.155. The highest BCUT2D eigenvalue weighted by Crippen LogP contribution is 2.51. The van der Waals surface area contributed by atoms with Crippen molar-refractivity contribution in [3.8, 4) is 0 Å². The lowest BCUT2D eigenvalue weighted by Crippen LogP contribution is -2.57. The molecule has 2 N–H and O–H groups in total. The van der Waals surface area contributed by atoms with Gasteiger partial charge in [0.15, 0.2) is 8.32 Å². The van der Waals surface area contributed by atoms with Crippen molar-refractivity contribution in [2.75, 3.05) is 13.7 Å². The van der Waals surface area contributed by atoms with Gasteiger partial charge in [-0.05, 0) is 75.7 Å². The average molecular weight is 434 g/mol. The highest BCUT2D eigenvalue weighted by atomic mass is 28.4. The highest BCUT2D eigenvalue weighted by molar-refractivity contribution is 6.74. The Morgan fingerprint density at radius 3 is 2.47 bits per heavy atom. The van der Waals surface area contributed by atoms with E-state index >= 15 is 0 Å². The second-order valence-electron chi connectivity index (χ2n) is 11.4. The molecule has 0 aliphatic carbocycles. The maximum Gasteiger partial charge on any atom is 0.191 e. The van der Waals surface area contributed by atoms with Crippen molar-refractivity contribution in [1.29, 1.82) is 0 Å². The second kappa shape index (κ2) is 8.66. The summed E-state index contributed by atoms with van der Waals surface area (Å²) >= 11 is 0. The molecule has 3 rings (SSSR count). The second-order valence-corrected chi connectivity index (χ2v) is 16.2. The van der Waals surface area contributed by atoms with Crippen LogP contribution in [0.5, 0.6) is 0 Å². The zero-order valence-electron chi connectivity index (χ0n) is 20.1. The summed E-state index contributed by atoms with van der Waals surface area (Å²) in [5.41, 5.74) is 0.555. The van der Waals surface area contributed by atoms with Crippen LogP contribution < -0.4 is 5.32 Å². The number of likely N-dealkylation sites (N-methyl/N-ethyl adjacent to an activating group) is 1. The minimum atomic E-state index is -1.80. The third kappa shape index (κ3) is 4.86. The summed E-state index contributed by atoms with van der Waals surface area (Å²) in [6, 6.07) is 10.8. The van der Waals surface area contributed by atoms with Crippen molar-refractivity contribution in [3.63, 3.8) is 0 Å². The summed E-state index contributed by atoms with van der Waals surface area (Å²) in [5.74, 6) is 0.392. The first kappa shape index (κ1) is 23.9. The summed E-state index contributed by atoms with van der Waals surface area (Å²) in [5, 5.41) is 14.8. The van der Waals surface area contributed by atoms with Gasteiger partial charge >= 0.3 is 0 Å². The molecule has 2 aliphatic heterocycles. The Kier molecular flexibility index (Phi) is 6.91. The van der Waals surface area contributed by atoms with Gasteiger partial charge in [-0.2, -0.15) is 0 Å². The van der Waals surface area contributed by atoms with Crippen LogP contribution in [0.3, 0.4) is 0 Å². The first-order valence-electron chi connectivity index (χ1n) is 11.7. The van der Waals surface area contributed by atoms with Gasteiger partial charge in [0.2, 0.25) is 0 Å². The Morgan fingerprint density at radius 1 is 1.20 bits per heavy atom. The molecule has 0 aromatic heterocycles. The van der Waals surface area contributed by atoms with Crippen LogP contribution in [0.15, 0.2) is 30.3 Å². The van der Waals surface area contributed by atoms with Gasteiger partial charge in [0.25, 0.3) is 0 Å². The van der Waals surface area contributed by atoms with E-state index in [1.807, 2.05) is 7.05 Å². The molecule has 0 radical (unpaired) electrons. The molecule has 30 heavy (non-hydrogen) atoms. The number of rotatable bonds is 6. The Balaban J connectivity index is 1.86. The van der Waals surface area contributed by atoms with Crippen molar-refractivity contribution in [2.24, 2.45) is 0 Å². The Labute approximate surface area is 184 Å². The third-order valence-electron chi connectivity index (χ3n) is 8.11. The lowest BCUT2D eigenvalue weighted by Gasteiger charge is -2.51. The van der Waals surface area contributed by atoms with E-state index in [4.69, 9.17) is 9.16 Å². The van der Waals surface area contributed by atoms with E-state index in [2.05, 4.69) is 76.4 Å². The minimum Gasteiger partial charge on any atom is -0.417 e. The monoisotopic (exact) mass is 433 g/mol. The molecule has 0 amide bonds. The molecule has 2 aliphatic rings. The van der Waals surface area contributed by atoms with Gasteiger partial charge in [0, 0.05) is 12.6 Å². The summed E-state index contributed by atoms with van der Waals surface area (Å²) in [4.78, 5) is 0. The van der Waals surface area contributed by atoms with Gasteiger partial charge in [-0.25, -0.2) is 0 Å². The lowest BCUT2D eigenvalue weighted by molar-refractivity contribution is -0.223. The van der Waals surface area contributed by atoms with Crippen molar-refractivity contribution < 1.29 is 14.3 Å². The van der Waals surface area contributed by atoms with Gasteiger partial charge in [0.05, 0.1) is 17.3 Å². The molecule has 2 heterocycles. The minimum absolute atomic E-state index is 0.0627. The highest BCUT2D eigenvalue weighted by Gasteiger charge is 2.54. The Hall–Kier alpha value is -0.723. The third-order valence-corrected chi connectivity index (χ3v) is 12.6. The van der Waals surface area contributed by atoms with Crippen molar-refractivity contribution in [2.45, 2.75) is 107 Å². The predicted molar refractivity (Wildman–Crippen MR) is 126 cm³/mol. The lowest BCUT2D eigenvalue weighted by atomic mass is 9.73. The first-order valence-corrected chi connectivity index (χ1v) is 14.6. The topological polar surface area (TPSA) is 50.7 Å². The molecule has 4 nitrogen and oxygen atoms in total. The standard InChI is InChI=1S/C25H43NO3Si/c1-23(2,3)30(6,7)28-16-15-25-14-13-21(26-5)22(27)24(4,29-25)17-20(18-25)19-11-9-8-10-12-19/h8-12,20-22,26-27H,13-18H2,1-7H3/t20-,21+,22-,24+,25-/m1/s1. The maximum atomic E-state index is 11.2. The Bertz CT molecular complexity index is 704. The van der Waals surface area contributed by atoms with Crippen LogP contribution in [0.4, 0.5) is 0 Å². The number of fused-ring (bicyclic) bond motifs is 2.